The maximum absolute atomic E-state index is 11.8. The van der Waals surface area contributed by atoms with Crippen LogP contribution >= 0.6 is 0 Å². The Morgan fingerprint density at radius 2 is 1.78 bits per heavy atom. The third-order valence-electron chi connectivity index (χ3n) is 5.71. The molecule has 2 aromatic carbocycles. The first kappa shape index (κ1) is 24.8. The Morgan fingerprint density at radius 3 is 2.50 bits per heavy atom. The molecule has 0 spiro atoms. The highest BCUT2D eigenvalue weighted by atomic mass is 16.5. The molecule has 0 aliphatic heterocycles. The van der Waals surface area contributed by atoms with Crippen LogP contribution in [0.25, 0.3) is 17.2 Å². The number of carbonyl (C=O) groups excluding carboxylic acids is 1. The van der Waals surface area contributed by atoms with E-state index in [1.807, 2.05) is 61.7 Å². The highest BCUT2D eigenvalue weighted by Gasteiger charge is 2.09. The minimum Gasteiger partial charge on any atom is -0.492 e. The number of likely N-dealkylation sites (N-methyl/N-ethyl adjacent to an activating group) is 1. The Labute approximate surface area is 212 Å². The van der Waals surface area contributed by atoms with E-state index < -0.39 is 0 Å². The fourth-order valence-electron chi connectivity index (χ4n) is 3.85. The summed E-state index contributed by atoms with van der Waals surface area (Å²) in [7, 11) is 2.01. The van der Waals surface area contributed by atoms with Crippen LogP contribution in [-0.4, -0.2) is 42.3 Å². The lowest BCUT2D eigenvalue weighted by molar-refractivity contribution is -0.137. The number of nitrogens with zero attached hydrogens (tertiary/aromatic N) is 3. The van der Waals surface area contributed by atoms with Gasteiger partial charge in [0.05, 0.1) is 13.2 Å². The van der Waals surface area contributed by atoms with Crippen LogP contribution < -0.4 is 9.64 Å². The van der Waals surface area contributed by atoms with E-state index in [1.54, 1.807) is 13.1 Å². The number of hydrogen-bond acceptors (Lipinski definition) is 5. The molecule has 0 saturated carbocycles. The number of benzene rings is 2. The summed E-state index contributed by atoms with van der Waals surface area (Å²) < 4.78 is 13.1. The molecule has 6 nitrogen and oxygen atoms in total. The van der Waals surface area contributed by atoms with Crippen LogP contribution in [0.5, 0.6) is 5.75 Å². The standard InChI is InChI=1S/C30H31N3O3/c1-3-35-30(34)17-14-26-22-33(23-28(26)25-9-5-4-6-10-25)21-24-12-15-27(16-13-24)36-20-19-32(2)29-11-7-8-18-31-29/h4-18,22-23H,3,19-21H2,1-2H3. The fourth-order valence-corrected chi connectivity index (χ4v) is 3.85. The van der Waals surface area contributed by atoms with Crippen molar-refractivity contribution in [2.75, 3.05) is 31.7 Å². The number of hydrogen-bond donors (Lipinski definition) is 0. The molecule has 0 saturated heterocycles. The van der Waals surface area contributed by atoms with Crippen molar-refractivity contribution in [3.63, 3.8) is 0 Å². The van der Waals surface area contributed by atoms with Gasteiger partial charge in [0.1, 0.15) is 18.2 Å². The maximum Gasteiger partial charge on any atom is 0.330 e. The molecule has 0 radical (unpaired) electrons. The van der Waals surface area contributed by atoms with Gasteiger partial charge in [0.25, 0.3) is 0 Å². The van der Waals surface area contributed by atoms with Crippen LogP contribution in [0.4, 0.5) is 5.82 Å². The summed E-state index contributed by atoms with van der Waals surface area (Å²) in [5.41, 5.74) is 4.28. The van der Waals surface area contributed by atoms with Crippen LogP contribution in [-0.2, 0) is 16.1 Å². The summed E-state index contributed by atoms with van der Waals surface area (Å²) in [5.74, 6) is 1.42. The largest absolute Gasteiger partial charge is 0.492 e. The first-order valence-electron chi connectivity index (χ1n) is 12.1. The fraction of sp³-hybridized carbons (Fsp3) is 0.200. The van der Waals surface area contributed by atoms with Crippen molar-refractivity contribution in [2.24, 2.45) is 0 Å². The average Bonchev–Trinajstić information content (AvgIpc) is 3.32. The van der Waals surface area contributed by atoms with E-state index in [-0.39, 0.29) is 5.97 Å². The minimum absolute atomic E-state index is 0.342. The quantitative estimate of drug-likeness (QED) is 0.203. The lowest BCUT2D eigenvalue weighted by Gasteiger charge is -2.18. The van der Waals surface area contributed by atoms with E-state index in [9.17, 15) is 4.79 Å². The van der Waals surface area contributed by atoms with E-state index in [2.05, 4.69) is 51.1 Å². The Morgan fingerprint density at radius 1 is 1.00 bits per heavy atom. The molecule has 2 heterocycles. The lowest BCUT2D eigenvalue weighted by atomic mass is 10.0. The Bertz CT molecular complexity index is 1270. The van der Waals surface area contributed by atoms with Gasteiger partial charge in [0.15, 0.2) is 0 Å². The molecule has 2 aromatic heterocycles. The van der Waals surface area contributed by atoms with Gasteiger partial charge in [-0.05, 0) is 48.4 Å². The normalized spacial score (nSPS) is 10.9. The van der Waals surface area contributed by atoms with Gasteiger partial charge in [-0.2, -0.15) is 0 Å². The molecule has 0 aliphatic rings. The van der Waals surface area contributed by atoms with E-state index >= 15 is 0 Å². The maximum atomic E-state index is 11.8. The van der Waals surface area contributed by atoms with E-state index in [1.165, 1.54) is 6.08 Å². The Hall–Kier alpha value is -4.32. The van der Waals surface area contributed by atoms with Crippen molar-refractivity contribution in [3.05, 3.63) is 109 Å². The van der Waals surface area contributed by atoms with Crippen LogP contribution in [0.1, 0.15) is 18.1 Å². The monoisotopic (exact) mass is 481 g/mol. The molecule has 0 atom stereocenters. The zero-order valence-electron chi connectivity index (χ0n) is 20.7. The molecule has 0 fully saturated rings. The summed E-state index contributed by atoms with van der Waals surface area (Å²) in [6.07, 6.45) is 9.25. The van der Waals surface area contributed by atoms with Gasteiger partial charge in [0, 0.05) is 49.4 Å². The van der Waals surface area contributed by atoms with Crippen LogP contribution in [0.2, 0.25) is 0 Å². The molecule has 184 valence electrons. The van der Waals surface area contributed by atoms with Crippen molar-refractivity contribution in [1.82, 2.24) is 9.55 Å². The smallest absolute Gasteiger partial charge is 0.330 e. The summed E-state index contributed by atoms with van der Waals surface area (Å²) >= 11 is 0. The highest BCUT2D eigenvalue weighted by Crippen LogP contribution is 2.27. The Kier molecular flexibility index (Phi) is 8.54. The van der Waals surface area contributed by atoms with Crippen molar-refractivity contribution in [1.29, 1.82) is 0 Å². The molecule has 0 amide bonds. The van der Waals surface area contributed by atoms with Crippen LogP contribution in [0.15, 0.2) is 97.5 Å². The van der Waals surface area contributed by atoms with Gasteiger partial charge < -0.3 is 18.9 Å². The van der Waals surface area contributed by atoms with Crippen LogP contribution in [0, 0.1) is 0 Å². The summed E-state index contributed by atoms with van der Waals surface area (Å²) in [4.78, 5) is 18.3. The second-order valence-corrected chi connectivity index (χ2v) is 8.35. The number of anilines is 1. The molecule has 4 aromatic rings. The van der Waals surface area contributed by atoms with E-state index in [0.717, 1.165) is 40.4 Å². The number of pyridine rings is 1. The SMILES string of the molecule is CCOC(=O)C=Cc1cn(Cc2ccc(OCCN(C)c3ccccn3)cc2)cc1-c1ccccc1. The summed E-state index contributed by atoms with van der Waals surface area (Å²) in [6, 6.07) is 24.2. The van der Waals surface area contributed by atoms with Crippen molar-refractivity contribution >= 4 is 17.9 Å². The Balaban J connectivity index is 1.40. The highest BCUT2D eigenvalue weighted by molar-refractivity contribution is 5.89. The third kappa shape index (κ3) is 6.85. The lowest BCUT2D eigenvalue weighted by Crippen LogP contribution is -2.24. The second-order valence-electron chi connectivity index (χ2n) is 8.35. The van der Waals surface area contributed by atoms with Gasteiger partial charge in [-0.25, -0.2) is 9.78 Å². The first-order valence-corrected chi connectivity index (χ1v) is 12.1. The predicted octanol–water partition coefficient (Wildman–Crippen LogP) is 5.69. The van der Waals surface area contributed by atoms with Gasteiger partial charge in [0.2, 0.25) is 0 Å². The average molecular weight is 482 g/mol. The number of esters is 1. The molecule has 6 heteroatoms. The molecule has 4 rings (SSSR count). The van der Waals surface area contributed by atoms with Crippen molar-refractivity contribution in [3.8, 4) is 16.9 Å². The summed E-state index contributed by atoms with van der Waals surface area (Å²) in [5, 5.41) is 0. The van der Waals surface area contributed by atoms with E-state index in [0.29, 0.717) is 19.8 Å². The van der Waals surface area contributed by atoms with Gasteiger partial charge >= 0.3 is 5.97 Å². The molecule has 0 unspecified atom stereocenters. The number of rotatable bonds is 11. The van der Waals surface area contributed by atoms with E-state index in [4.69, 9.17) is 9.47 Å². The zero-order chi connectivity index (χ0) is 25.2. The molecular weight excluding hydrogens is 450 g/mol. The topological polar surface area (TPSA) is 56.6 Å². The molecule has 0 N–H and O–H groups in total. The van der Waals surface area contributed by atoms with Crippen molar-refractivity contribution in [2.45, 2.75) is 13.5 Å². The number of ether oxygens (including phenoxy) is 2. The predicted molar refractivity (Wildman–Crippen MR) is 144 cm³/mol. The molecule has 36 heavy (non-hydrogen) atoms. The number of carbonyl (C=O) groups is 1. The molecule has 0 bridgehead atoms. The van der Waals surface area contributed by atoms with Gasteiger partial charge in [-0.15, -0.1) is 0 Å². The first-order chi connectivity index (χ1) is 17.6. The van der Waals surface area contributed by atoms with Gasteiger partial charge in [-0.3, -0.25) is 0 Å². The molecular formula is C30H31N3O3. The number of aromatic nitrogens is 2. The summed E-state index contributed by atoms with van der Waals surface area (Å²) in [6.45, 7) is 4.17. The third-order valence-corrected chi connectivity index (χ3v) is 5.71. The van der Waals surface area contributed by atoms with Crippen LogP contribution in [0.3, 0.4) is 0 Å². The minimum atomic E-state index is -0.342. The second kappa shape index (κ2) is 12.4. The zero-order valence-corrected chi connectivity index (χ0v) is 20.7. The van der Waals surface area contributed by atoms with Crippen molar-refractivity contribution < 1.29 is 14.3 Å². The molecule has 0 aliphatic carbocycles. The van der Waals surface area contributed by atoms with Gasteiger partial charge in [-0.1, -0.05) is 48.5 Å².